The van der Waals surface area contributed by atoms with Crippen molar-refractivity contribution in [2.45, 2.75) is 6.18 Å². The van der Waals surface area contributed by atoms with Gasteiger partial charge in [-0.1, -0.05) is 6.07 Å². The highest BCUT2D eigenvalue weighted by Gasteiger charge is 2.30. The van der Waals surface area contributed by atoms with Gasteiger partial charge in [-0.15, -0.1) is 0 Å². The topological polar surface area (TPSA) is 57.5 Å². The summed E-state index contributed by atoms with van der Waals surface area (Å²) in [5.41, 5.74) is 4.57. The average Bonchev–Trinajstić information content (AvgIpc) is 1.86. The Morgan fingerprint density at radius 2 is 1.75 bits per heavy atom. The van der Waals surface area contributed by atoms with Crippen LogP contribution in [0.1, 0.15) is 5.56 Å². The van der Waals surface area contributed by atoms with Gasteiger partial charge in [0.25, 0.3) is 0 Å². The molecular formula is C7H8F3NO. The Morgan fingerprint density at radius 1 is 1.17 bits per heavy atom. The van der Waals surface area contributed by atoms with Crippen molar-refractivity contribution in [3.8, 4) is 0 Å². The fourth-order valence-corrected chi connectivity index (χ4v) is 0.715. The number of hydrogen-bond donors (Lipinski definition) is 1. The van der Waals surface area contributed by atoms with E-state index in [1.54, 1.807) is 0 Å². The summed E-state index contributed by atoms with van der Waals surface area (Å²) in [6.45, 7) is 0. The molecule has 68 valence electrons. The van der Waals surface area contributed by atoms with Gasteiger partial charge in [0, 0.05) is 5.69 Å². The van der Waals surface area contributed by atoms with E-state index in [4.69, 9.17) is 5.73 Å². The van der Waals surface area contributed by atoms with Crippen LogP contribution in [0, 0.1) is 0 Å². The molecule has 0 heterocycles. The van der Waals surface area contributed by atoms with Gasteiger partial charge < -0.3 is 11.2 Å². The number of nitrogens with two attached hydrogens (primary N) is 1. The van der Waals surface area contributed by atoms with Gasteiger partial charge in [0.05, 0.1) is 5.56 Å². The first kappa shape index (κ1) is 10.8. The monoisotopic (exact) mass is 165 g/mol. The van der Waals surface area contributed by atoms with E-state index >= 15 is 0 Å². The minimum atomic E-state index is -4.30. The van der Waals surface area contributed by atoms with E-state index in [9.17, 15) is 13.2 Å². The summed E-state index contributed by atoms with van der Waals surface area (Å²) < 4.78 is 35.7. The number of halogens is 3. The van der Waals surface area contributed by atoms with Gasteiger partial charge in [0.15, 0.2) is 0 Å². The van der Waals surface area contributed by atoms with Crippen molar-refractivity contribution in [1.29, 1.82) is 0 Å². The number of anilines is 1. The van der Waals surface area contributed by atoms with Crippen LogP contribution in [0.25, 0.3) is 0 Å². The van der Waals surface area contributed by atoms with E-state index in [2.05, 4.69) is 0 Å². The first-order chi connectivity index (χ1) is 5.00. The van der Waals surface area contributed by atoms with Crippen LogP contribution in [0.4, 0.5) is 18.9 Å². The van der Waals surface area contributed by atoms with Crippen LogP contribution in [0.3, 0.4) is 0 Å². The Balaban J connectivity index is 0.00000121. The summed E-state index contributed by atoms with van der Waals surface area (Å²) in [5, 5.41) is 0. The molecule has 0 saturated carbocycles. The van der Waals surface area contributed by atoms with Crippen LogP contribution in [0.2, 0.25) is 0 Å². The zero-order valence-corrected chi connectivity index (χ0v) is 6.02. The molecule has 4 N–H and O–H groups in total. The van der Waals surface area contributed by atoms with Crippen LogP contribution in [-0.2, 0) is 6.18 Å². The molecule has 1 aromatic carbocycles. The highest BCUT2D eigenvalue weighted by atomic mass is 19.4. The summed E-state index contributed by atoms with van der Waals surface area (Å²) in [4.78, 5) is 0. The predicted molar refractivity (Wildman–Crippen MR) is 39.5 cm³/mol. The molecule has 1 aromatic rings. The Morgan fingerprint density at radius 3 is 2.08 bits per heavy atom. The standard InChI is InChI=1S/C7H6F3N.H2O/c8-7(9,10)5-2-1-3-6(11)4-5;/h1-4H,11H2;1H2/i;1-14. The lowest BCUT2D eigenvalue weighted by atomic mass is 2.00. The minimum Gasteiger partial charge on any atom is -0.412 e. The molecule has 0 saturated heterocycles. The molecule has 0 spiro atoms. The van der Waals surface area contributed by atoms with Crippen molar-refractivity contribution in [2.24, 2.45) is 0 Å². The van der Waals surface area contributed by atoms with Gasteiger partial charge in [-0.3, -0.25) is 0 Å². The second kappa shape index (κ2) is 3.44. The molecule has 0 unspecified atom stereocenters. The van der Waals surface area contributed by atoms with E-state index in [1.165, 1.54) is 12.1 Å². The molecule has 0 aliphatic carbocycles. The van der Waals surface area contributed by atoms with Crippen LogP contribution in [0.15, 0.2) is 24.3 Å². The SMILES string of the molecule is Nc1cccc(C(F)(F)F)c1.[2OH2]. The fraction of sp³-hybridized carbons (Fsp3) is 0.143. The van der Waals surface area contributed by atoms with E-state index in [0.29, 0.717) is 0 Å². The highest BCUT2D eigenvalue weighted by molar-refractivity contribution is 5.41. The van der Waals surface area contributed by atoms with Crippen LogP contribution in [0.5, 0.6) is 0 Å². The minimum absolute atomic E-state index is 0. The Kier molecular flexibility index (Phi) is 3.09. The normalized spacial score (nSPS) is 10.6. The smallest absolute Gasteiger partial charge is 0.412 e. The maximum Gasteiger partial charge on any atom is 0.416 e. The molecule has 0 aliphatic heterocycles. The van der Waals surface area contributed by atoms with Crippen molar-refractivity contribution in [2.75, 3.05) is 5.73 Å². The second-order valence-electron chi connectivity index (χ2n) is 2.12. The van der Waals surface area contributed by atoms with Crippen molar-refractivity contribution in [3.05, 3.63) is 29.8 Å². The van der Waals surface area contributed by atoms with Gasteiger partial charge in [0.1, 0.15) is 0 Å². The average molecular weight is 165 g/mol. The van der Waals surface area contributed by atoms with E-state index in [0.717, 1.165) is 12.1 Å². The summed E-state index contributed by atoms with van der Waals surface area (Å²) >= 11 is 0. The fourth-order valence-electron chi connectivity index (χ4n) is 0.715. The first-order valence-electron chi connectivity index (χ1n) is 2.93. The molecule has 0 aliphatic rings. The Hall–Kier alpha value is -1.23. The lowest BCUT2D eigenvalue weighted by molar-refractivity contribution is -0.137. The summed E-state index contributed by atoms with van der Waals surface area (Å²) in [7, 11) is 0. The molecule has 0 fully saturated rings. The van der Waals surface area contributed by atoms with Crippen molar-refractivity contribution in [1.82, 2.24) is 0 Å². The zero-order chi connectivity index (χ0) is 8.48. The Bertz CT molecular complexity index is 259. The third kappa shape index (κ3) is 2.43. The number of hydrogen-bond acceptors (Lipinski definition) is 1. The van der Waals surface area contributed by atoms with E-state index in [1.807, 2.05) is 0 Å². The molecule has 0 radical (unpaired) electrons. The van der Waals surface area contributed by atoms with Crippen LogP contribution >= 0.6 is 0 Å². The number of rotatable bonds is 0. The maximum atomic E-state index is 11.9. The third-order valence-corrected chi connectivity index (χ3v) is 1.21. The van der Waals surface area contributed by atoms with Gasteiger partial charge in [-0.05, 0) is 18.2 Å². The molecule has 0 aromatic heterocycles. The first-order valence-corrected chi connectivity index (χ1v) is 2.93. The Labute approximate surface area is 67.1 Å². The highest BCUT2D eigenvalue weighted by Crippen LogP contribution is 2.29. The van der Waals surface area contributed by atoms with Gasteiger partial charge in [-0.25, -0.2) is 0 Å². The molecule has 0 atom stereocenters. The van der Waals surface area contributed by atoms with Crippen LogP contribution < -0.4 is 5.73 Å². The molecule has 5 heteroatoms. The summed E-state index contributed by atoms with van der Waals surface area (Å²) in [5.74, 6) is 0. The second-order valence-corrected chi connectivity index (χ2v) is 2.12. The third-order valence-electron chi connectivity index (χ3n) is 1.21. The summed E-state index contributed by atoms with van der Waals surface area (Å²) in [6, 6.07) is 4.57. The largest absolute Gasteiger partial charge is 0.416 e. The molecule has 0 amide bonds. The number of nitrogen functional groups attached to an aromatic ring is 1. The molecule has 0 bridgehead atoms. The summed E-state index contributed by atoms with van der Waals surface area (Å²) in [6.07, 6.45) is -4.30. The lowest BCUT2D eigenvalue weighted by Crippen LogP contribution is -2.04. The predicted octanol–water partition coefficient (Wildman–Crippen LogP) is 1.46. The molecule has 1 rings (SSSR count). The van der Waals surface area contributed by atoms with E-state index in [-0.39, 0.29) is 11.2 Å². The maximum absolute atomic E-state index is 11.9. The quantitative estimate of drug-likeness (QED) is 0.581. The van der Waals surface area contributed by atoms with Gasteiger partial charge in [-0.2, -0.15) is 13.2 Å². The zero-order valence-electron chi connectivity index (χ0n) is 6.02. The molecule has 2 nitrogen and oxygen atoms in total. The molecular weight excluding hydrogens is 157 g/mol. The van der Waals surface area contributed by atoms with Gasteiger partial charge >= 0.3 is 6.18 Å². The molecule has 12 heavy (non-hydrogen) atoms. The van der Waals surface area contributed by atoms with Crippen molar-refractivity contribution < 1.29 is 18.6 Å². The van der Waals surface area contributed by atoms with E-state index < -0.39 is 11.7 Å². The van der Waals surface area contributed by atoms with Crippen molar-refractivity contribution in [3.63, 3.8) is 0 Å². The van der Waals surface area contributed by atoms with Gasteiger partial charge in [0.2, 0.25) is 0 Å². The van der Waals surface area contributed by atoms with Crippen LogP contribution in [-0.4, -0.2) is 5.48 Å². The van der Waals surface area contributed by atoms with Crippen molar-refractivity contribution >= 4 is 5.69 Å². The number of alkyl halides is 3. The lowest BCUT2D eigenvalue weighted by Gasteiger charge is -2.05. The number of benzene rings is 1.